The van der Waals surface area contributed by atoms with Crippen molar-refractivity contribution in [3.05, 3.63) is 76.1 Å². The van der Waals surface area contributed by atoms with E-state index in [-0.39, 0.29) is 24.7 Å². The Morgan fingerprint density at radius 1 is 1.16 bits per heavy atom. The van der Waals surface area contributed by atoms with Crippen molar-refractivity contribution in [3.63, 3.8) is 0 Å². The third-order valence-corrected chi connectivity index (χ3v) is 5.59. The molecule has 6 heteroatoms. The third kappa shape index (κ3) is 6.97. The van der Waals surface area contributed by atoms with Gasteiger partial charge in [-0.1, -0.05) is 41.3 Å². The molecule has 1 aromatic heterocycles. The minimum Gasteiger partial charge on any atom is -0.370 e. The molecule has 2 N–H and O–H groups in total. The number of carbonyl (C=O) groups is 2. The summed E-state index contributed by atoms with van der Waals surface area (Å²) in [5.41, 5.74) is 9.25. The number of aryl methyl sites for hydroxylation is 1. The summed E-state index contributed by atoms with van der Waals surface area (Å²) in [7, 11) is 0. The molecule has 1 aliphatic rings. The number of allylic oxidation sites excluding steroid dienone is 1. The number of benzene rings is 1. The molecule has 0 saturated carbocycles. The summed E-state index contributed by atoms with van der Waals surface area (Å²) in [4.78, 5) is 30.6. The van der Waals surface area contributed by atoms with Crippen molar-refractivity contribution in [2.45, 2.75) is 38.5 Å². The topological polar surface area (TPSA) is 76.3 Å². The normalized spacial score (nSPS) is 14.4. The van der Waals surface area contributed by atoms with Crippen molar-refractivity contribution in [1.82, 2.24) is 9.88 Å². The highest BCUT2D eigenvalue weighted by atomic mass is 35.5. The number of primary amides is 1. The number of rotatable bonds is 5. The van der Waals surface area contributed by atoms with E-state index in [1.807, 2.05) is 48.2 Å². The van der Waals surface area contributed by atoms with Crippen LogP contribution in [0, 0.1) is 18.8 Å². The molecule has 2 heterocycles. The summed E-state index contributed by atoms with van der Waals surface area (Å²) in [5.74, 6) is 5.52. The zero-order chi connectivity index (χ0) is 22.2. The van der Waals surface area contributed by atoms with Crippen LogP contribution in [0.5, 0.6) is 0 Å². The lowest BCUT2D eigenvalue weighted by molar-refractivity contribution is -0.132. The highest BCUT2D eigenvalue weighted by Crippen LogP contribution is 2.27. The van der Waals surface area contributed by atoms with Crippen molar-refractivity contribution in [2.24, 2.45) is 5.73 Å². The summed E-state index contributed by atoms with van der Waals surface area (Å²) in [6.45, 7) is 3.25. The Labute approximate surface area is 188 Å². The fourth-order valence-electron chi connectivity index (χ4n) is 3.64. The number of nitrogens with two attached hydrogens (primary N) is 1. The van der Waals surface area contributed by atoms with Gasteiger partial charge < -0.3 is 10.6 Å². The Kier molecular flexibility index (Phi) is 7.86. The van der Waals surface area contributed by atoms with Gasteiger partial charge in [0.1, 0.15) is 5.69 Å². The second kappa shape index (κ2) is 10.8. The van der Waals surface area contributed by atoms with Gasteiger partial charge in [-0.3, -0.25) is 9.59 Å². The molecule has 0 radical (unpaired) electrons. The van der Waals surface area contributed by atoms with Crippen molar-refractivity contribution in [3.8, 4) is 11.8 Å². The zero-order valence-electron chi connectivity index (χ0n) is 17.6. The van der Waals surface area contributed by atoms with Gasteiger partial charge in [0.2, 0.25) is 11.8 Å². The summed E-state index contributed by atoms with van der Waals surface area (Å²) >= 11 is 5.96. The summed E-state index contributed by atoms with van der Waals surface area (Å²) in [6.07, 6.45) is 3.92. The first-order valence-electron chi connectivity index (χ1n) is 10.4. The number of hydrogen-bond acceptors (Lipinski definition) is 3. The number of pyridine rings is 1. The Bertz CT molecular complexity index is 1020. The fraction of sp³-hybridized carbons (Fsp3) is 0.320. The number of hydrogen-bond donors (Lipinski definition) is 1. The Hall–Kier alpha value is -3.10. The Morgan fingerprint density at radius 3 is 2.52 bits per heavy atom. The van der Waals surface area contributed by atoms with Crippen LogP contribution in [0.2, 0.25) is 5.02 Å². The Balaban J connectivity index is 1.57. The van der Waals surface area contributed by atoms with E-state index in [2.05, 4.69) is 16.8 Å². The average molecular weight is 436 g/mol. The van der Waals surface area contributed by atoms with Crippen molar-refractivity contribution in [2.75, 3.05) is 13.1 Å². The summed E-state index contributed by atoms with van der Waals surface area (Å²) in [6, 6.07) is 13.0. The minimum absolute atomic E-state index is 0.0373. The molecule has 1 saturated heterocycles. The molecule has 1 aliphatic heterocycles. The first-order chi connectivity index (χ1) is 14.9. The van der Waals surface area contributed by atoms with Crippen LogP contribution in [0.3, 0.4) is 0 Å². The number of aromatic nitrogens is 1. The van der Waals surface area contributed by atoms with Gasteiger partial charge in [0.25, 0.3) is 0 Å². The van der Waals surface area contributed by atoms with Crippen LogP contribution in [0.4, 0.5) is 0 Å². The van der Waals surface area contributed by atoms with Crippen LogP contribution in [-0.4, -0.2) is 34.8 Å². The van der Waals surface area contributed by atoms with Gasteiger partial charge in [-0.15, -0.1) is 0 Å². The van der Waals surface area contributed by atoms with Crippen molar-refractivity contribution < 1.29 is 9.59 Å². The first-order valence-corrected chi connectivity index (χ1v) is 10.7. The molecule has 3 rings (SSSR count). The van der Waals surface area contributed by atoms with Crippen molar-refractivity contribution in [1.29, 1.82) is 0 Å². The molecular formula is C25H26ClN3O2. The molecule has 0 aliphatic carbocycles. The largest absolute Gasteiger partial charge is 0.370 e. The monoisotopic (exact) mass is 435 g/mol. The molecule has 31 heavy (non-hydrogen) atoms. The standard InChI is InChI=1S/C25H26ClN3O2/c1-18-4-2-6-23(28-18)7-3-5-19-12-14-29(15-13-19)25(31)17-21(16-24(27)30)20-8-10-22(26)11-9-20/h2,4-6,8-11,21H,12-17H2,1H3,(H2,27,30). The van der Waals surface area contributed by atoms with Crippen LogP contribution in [0.25, 0.3) is 0 Å². The summed E-state index contributed by atoms with van der Waals surface area (Å²) in [5, 5.41) is 0.615. The van der Waals surface area contributed by atoms with Gasteiger partial charge >= 0.3 is 0 Å². The smallest absolute Gasteiger partial charge is 0.223 e. The number of halogens is 1. The second-order valence-electron chi connectivity index (χ2n) is 7.74. The van der Waals surface area contributed by atoms with E-state index in [1.54, 1.807) is 12.1 Å². The van der Waals surface area contributed by atoms with Gasteiger partial charge in [-0.05, 0) is 61.6 Å². The van der Waals surface area contributed by atoms with Crippen LogP contribution in [0.15, 0.2) is 54.1 Å². The molecule has 1 unspecified atom stereocenters. The molecule has 160 valence electrons. The van der Waals surface area contributed by atoms with E-state index in [4.69, 9.17) is 17.3 Å². The van der Waals surface area contributed by atoms with E-state index >= 15 is 0 Å². The van der Waals surface area contributed by atoms with E-state index < -0.39 is 5.91 Å². The molecule has 1 aromatic carbocycles. The van der Waals surface area contributed by atoms with Gasteiger partial charge in [0, 0.05) is 42.6 Å². The van der Waals surface area contributed by atoms with Crippen LogP contribution in [0.1, 0.15) is 48.6 Å². The maximum atomic E-state index is 12.9. The molecule has 0 spiro atoms. The fourth-order valence-corrected chi connectivity index (χ4v) is 3.76. The number of nitrogens with zero attached hydrogens (tertiary/aromatic N) is 2. The van der Waals surface area contributed by atoms with E-state index in [0.717, 1.165) is 29.8 Å². The van der Waals surface area contributed by atoms with Gasteiger partial charge in [-0.25, -0.2) is 4.98 Å². The third-order valence-electron chi connectivity index (χ3n) is 5.33. The van der Waals surface area contributed by atoms with Gasteiger partial charge in [-0.2, -0.15) is 0 Å². The van der Waals surface area contributed by atoms with Crippen LogP contribution >= 0.6 is 11.6 Å². The number of likely N-dealkylation sites (tertiary alicyclic amines) is 1. The van der Waals surface area contributed by atoms with Crippen LogP contribution in [-0.2, 0) is 9.59 Å². The minimum atomic E-state index is -0.418. The molecule has 2 aromatic rings. The molecule has 0 bridgehead atoms. The molecule has 5 nitrogen and oxygen atoms in total. The van der Waals surface area contributed by atoms with E-state index in [1.165, 1.54) is 5.57 Å². The maximum absolute atomic E-state index is 12.9. The lowest BCUT2D eigenvalue weighted by Gasteiger charge is -2.29. The molecule has 1 fully saturated rings. The van der Waals surface area contributed by atoms with E-state index in [0.29, 0.717) is 18.1 Å². The Morgan fingerprint density at radius 2 is 1.87 bits per heavy atom. The molecular weight excluding hydrogens is 410 g/mol. The highest BCUT2D eigenvalue weighted by Gasteiger charge is 2.24. The predicted octanol–water partition coefficient (Wildman–Crippen LogP) is 3.99. The molecule has 1 atom stereocenters. The SMILES string of the molecule is Cc1cccc(C#CC=C2CCN(C(=O)CC(CC(N)=O)c3ccc(Cl)cc3)CC2)n1. The maximum Gasteiger partial charge on any atom is 0.223 e. The molecule has 2 amide bonds. The summed E-state index contributed by atoms with van der Waals surface area (Å²) < 4.78 is 0. The number of amides is 2. The predicted molar refractivity (Wildman–Crippen MR) is 122 cm³/mol. The lowest BCUT2D eigenvalue weighted by Crippen LogP contribution is -2.37. The lowest BCUT2D eigenvalue weighted by atomic mass is 9.91. The van der Waals surface area contributed by atoms with Crippen molar-refractivity contribution >= 4 is 23.4 Å². The average Bonchev–Trinajstić information content (AvgIpc) is 2.74. The highest BCUT2D eigenvalue weighted by molar-refractivity contribution is 6.30. The van der Waals surface area contributed by atoms with E-state index in [9.17, 15) is 9.59 Å². The first kappa shape index (κ1) is 22.6. The number of carbonyl (C=O) groups excluding carboxylic acids is 2. The van der Waals surface area contributed by atoms with Crippen LogP contribution < -0.4 is 5.73 Å². The quantitative estimate of drug-likeness (QED) is 0.721. The number of piperidine rings is 1. The van der Waals surface area contributed by atoms with Gasteiger partial charge in [0.05, 0.1) is 0 Å². The second-order valence-corrected chi connectivity index (χ2v) is 8.18. The van der Waals surface area contributed by atoms with Gasteiger partial charge in [0.15, 0.2) is 0 Å². The zero-order valence-corrected chi connectivity index (χ0v) is 18.4.